The van der Waals surface area contributed by atoms with Gasteiger partial charge < -0.3 is 15.9 Å². The molecule has 0 spiro atoms. The van der Waals surface area contributed by atoms with Crippen LogP contribution in [0.3, 0.4) is 0 Å². The highest BCUT2D eigenvalue weighted by atomic mass is 16.4. The van der Waals surface area contributed by atoms with Gasteiger partial charge in [0.15, 0.2) is 0 Å². The Morgan fingerprint density at radius 3 is 2.85 bits per heavy atom. The summed E-state index contributed by atoms with van der Waals surface area (Å²) >= 11 is 0. The van der Waals surface area contributed by atoms with Crippen LogP contribution in [0.2, 0.25) is 0 Å². The van der Waals surface area contributed by atoms with Crippen LogP contribution in [0.15, 0.2) is 24.2 Å². The zero-order chi connectivity index (χ0) is 10.7. The molecular formula is C9H11NO3. The van der Waals surface area contributed by atoms with Gasteiger partial charge >= 0.3 is 5.97 Å². The molecule has 4 heteroatoms. The Hall–Kier alpha value is -1.55. The summed E-state index contributed by atoms with van der Waals surface area (Å²) in [5.41, 5.74) is 5.94. The predicted octanol–water partition coefficient (Wildman–Crippen LogP) is 0.347. The molecule has 1 atom stereocenters. The van der Waals surface area contributed by atoms with E-state index in [1.807, 2.05) is 0 Å². The lowest BCUT2D eigenvalue weighted by Gasteiger charge is -2.05. The fraction of sp³-hybridized carbons (Fsp3) is 0.222. The highest BCUT2D eigenvalue weighted by Crippen LogP contribution is 2.10. The van der Waals surface area contributed by atoms with Crippen LogP contribution < -0.4 is 5.73 Å². The second-order valence-electron chi connectivity index (χ2n) is 2.73. The lowest BCUT2D eigenvalue weighted by atomic mass is 10.1. The largest absolute Gasteiger partial charge is 0.508 e. The number of aliphatic carboxylic acids is 1. The summed E-state index contributed by atoms with van der Waals surface area (Å²) in [6, 6.07) is 3.31. The summed E-state index contributed by atoms with van der Waals surface area (Å²) < 4.78 is 7.27. The average Bonchev–Trinajstić information content (AvgIpc) is 2.11. The first kappa shape index (κ1) is 8.07. The normalized spacial score (nSPS) is 13.5. The molecule has 0 bridgehead atoms. The van der Waals surface area contributed by atoms with E-state index in [4.69, 9.17) is 17.3 Å². The minimum Gasteiger partial charge on any atom is -0.508 e. The molecule has 0 radical (unpaired) electrons. The van der Waals surface area contributed by atoms with Crippen molar-refractivity contribution in [1.29, 1.82) is 0 Å². The van der Waals surface area contributed by atoms with E-state index in [9.17, 15) is 4.79 Å². The Bertz CT molecular complexity index is 354. The number of nitrogens with two attached hydrogens (primary N) is 1. The molecule has 0 unspecified atom stereocenters. The van der Waals surface area contributed by atoms with Crippen molar-refractivity contribution in [1.82, 2.24) is 0 Å². The van der Waals surface area contributed by atoms with Crippen molar-refractivity contribution in [3.05, 3.63) is 29.8 Å². The van der Waals surface area contributed by atoms with Crippen LogP contribution in [0, 0.1) is 0 Å². The number of benzene rings is 1. The number of hydrogen-bond acceptors (Lipinski definition) is 3. The van der Waals surface area contributed by atoms with Gasteiger partial charge in [0.2, 0.25) is 0 Å². The number of carboxylic acids is 1. The molecule has 0 amide bonds. The number of phenolic OH excluding ortho intramolecular Hbond substituents is 1. The Morgan fingerprint density at radius 2 is 2.31 bits per heavy atom. The maximum absolute atomic E-state index is 10.4. The maximum Gasteiger partial charge on any atom is 0.320 e. The van der Waals surface area contributed by atoms with Crippen LogP contribution in [0.25, 0.3) is 0 Å². The van der Waals surface area contributed by atoms with Gasteiger partial charge in [0.25, 0.3) is 0 Å². The number of aromatic hydroxyl groups is 1. The minimum absolute atomic E-state index is 0.0277. The van der Waals surface area contributed by atoms with Gasteiger partial charge in [0.05, 0.1) is 1.37 Å². The molecule has 0 saturated carbocycles. The summed E-state index contributed by atoms with van der Waals surface area (Å²) in [4.78, 5) is 10.4. The molecule has 0 aliphatic carbocycles. The van der Waals surface area contributed by atoms with Crippen molar-refractivity contribution in [2.45, 2.75) is 12.5 Å². The molecule has 4 N–H and O–H groups in total. The lowest BCUT2D eigenvalue weighted by Crippen LogP contribution is -2.32. The maximum atomic E-state index is 10.4. The summed E-state index contributed by atoms with van der Waals surface area (Å²) in [7, 11) is 0. The number of phenols is 1. The lowest BCUT2D eigenvalue weighted by molar-refractivity contribution is -0.138. The van der Waals surface area contributed by atoms with Crippen molar-refractivity contribution >= 4 is 5.97 Å². The fourth-order valence-corrected chi connectivity index (χ4v) is 0.917. The smallest absolute Gasteiger partial charge is 0.320 e. The second-order valence-corrected chi connectivity index (χ2v) is 2.73. The zero-order valence-electron chi connectivity index (χ0n) is 7.90. The zero-order valence-corrected chi connectivity index (χ0v) is 6.90. The first-order valence-electron chi connectivity index (χ1n) is 4.27. The van der Waals surface area contributed by atoms with Crippen molar-refractivity contribution in [3.63, 3.8) is 0 Å². The molecular weight excluding hydrogens is 170 g/mol. The molecule has 1 rings (SSSR count). The second kappa shape index (κ2) is 3.91. The van der Waals surface area contributed by atoms with Crippen molar-refractivity contribution in [2.24, 2.45) is 5.73 Å². The van der Waals surface area contributed by atoms with Crippen LogP contribution in [-0.4, -0.2) is 22.2 Å². The Morgan fingerprint density at radius 1 is 1.62 bits per heavy atom. The van der Waals surface area contributed by atoms with E-state index in [-0.39, 0.29) is 18.2 Å². The van der Waals surface area contributed by atoms with Crippen LogP contribution in [0.4, 0.5) is 0 Å². The fourth-order valence-electron chi connectivity index (χ4n) is 0.917. The standard InChI is InChI=1S/C9H11NO3/c10-8(9(12)13)5-6-1-3-7(11)4-2-6/h1-4,8,11H,5,10H2,(H,12,13)/t8-/m0/s1/i3D. The molecule has 0 aliphatic rings. The van der Waals surface area contributed by atoms with Gasteiger partial charge in [-0.05, 0) is 24.1 Å². The van der Waals surface area contributed by atoms with E-state index in [0.717, 1.165) is 0 Å². The molecule has 1 aromatic carbocycles. The monoisotopic (exact) mass is 182 g/mol. The minimum atomic E-state index is -1.08. The highest BCUT2D eigenvalue weighted by molar-refractivity contribution is 5.73. The number of carboxylic acid groups (broad SMARTS) is 1. The first-order valence-corrected chi connectivity index (χ1v) is 3.77. The Kier molecular flexibility index (Phi) is 2.43. The third kappa shape index (κ3) is 2.76. The number of carbonyl (C=O) groups is 1. The summed E-state index contributed by atoms with van der Waals surface area (Å²) in [5.74, 6) is -1.21. The SMILES string of the molecule is [2H]c1cc(C[C@H](N)C(=O)O)ccc1O. The van der Waals surface area contributed by atoms with Gasteiger partial charge in [-0.2, -0.15) is 0 Å². The van der Waals surface area contributed by atoms with Crippen LogP contribution in [0.1, 0.15) is 6.93 Å². The number of hydrogen-bond donors (Lipinski definition) is 3. The van der Waals surface area contributed by atoms with Gasteiger partial charge in [-0.25, -0.2) is 0 Å². The Balaban J connectivity index is 2.78. The molecule has 0 fully saturated rings. The van der Waals surface area contributed by atoms with E-state index in [1.165, 1.54) is 12.1 Å². The average molecular weight is 182 g/mol. The van der Waals surface area contributed by atoms with Crippen molar-refractivity contribution in [3.8, 4) is 5.75 Å². The molecule has 70 valence electrons. The molecule has 0 aliphatic heterocycles. The van der Waals surface area contributed by atoms with Crippen molar-refractivity contribution in [2.75, 3.05) is 0 Å². The number of rotatable bonds is 3. The molecule has 0 heterocycles. The molecule has 0 aromatic heterocycles. The molecule has 13 heavy (non-hydrogen) atoms. The van der Waals surface area contributed by atoms with E-state index in [0.29, 0.717) is 5.56 Å². The highest BCUT2D eigenvalue weighted by Gasteiger charge is 2.11. The summed E-state index contributed by atoms with van der Waals surface area (Å²) in [6.45, 7) is 0. The molecule has 1 aromatic rings. The van der Waals surface area contributed by atoms with Crippen molar-refractivity contribution < 1.29 is 16.4 Å². The molecule has 0 saturated heterocycles. The van der Waals surface area contributed by atoms with Crippen LogP contribution in [-0.2, 0) is 11.2 Å². The third-order valence-electron chi connectivity index (χ3n) is 1.63. The van der Waals surface area contributed by atoms with E-state index in [2.05, 4.69) is 0 Å². The Labute approximate surface area is 77.0 Å². The van der Waals surface area contributed by atoms with E-state index < -0.39 is 12.0 Å². The van der Waals surface area contributed by atoms with Gasteiger partial charge in [0, 0.05) is 0 Å². The van der Waals surface area contributed by atoms with Gasteiger partial charge in [-0.1, -0.05) is 12.1 Å². The molecule has 4 nitrogen and oxygen atoms in total. The van der Waals surface area contributed by atoms with Gasteiger partial charge in [-0.3, -0.25) is 4.79 Å². The van der Waals surface area contributed by atoms with E-state index >= 15 is 0 Å². The summed E-state index contributed by atoms with van der Waals surface area (Å²) in [5, 5.41) is 17.6. The van der Waals surface area contributed by atoms with Gasteiger partial charge in [0.1, 0.15) is 11.8 Å². The van der Waals surface area contributed by atoms with Crippen LogP contribution in [0.5, 0.6) is 5.75 Å². The topological polar surface area (TPSA) is 83.6 Å². The van der Waals surface area contributed by atoms with Crippen LogP contribution >= 0.6 is 0 Å². The van der Waals surface area contributed by atoms with Gasteiger partial charge in [-0.15, -0.1) is 0 Å². The first-order chi connectivity index (χ1) is 6.50. The third-order valence-corrected chi connectivity index (χ3v) is 1.63. The summed E-state index contributed by atoms with van der Waals surface area (Å²) in [6.07, 6.45) is 0.154. The predicted molar refractivity (Wildman–Crippen MR) is 47.4 cm³/mol. The quantitative estimate of drug-likeness (QED) is 0.629. The van der Waals surface area contributed by atoms with E-state index in [1.54, 1.807) is 6.07 Å².